The molecule has 2 aromatic carbocycles. The van der Waals surface area contributed by atoms with Crippen molar-refractivity contribution in [3.63, 3.8) is 0 Å². The average molecular weight is 249 g/mol. The first-order valence-electron chi connectivity index (χ1n) is 6.51. The van der Waals surface area contributed by atoms with Gasteiger partial charge < -0.3 is 5.41 Å². The molecule has 0 aliphatic rings. The first kappa shape index (κ1) is 13.3. The van der Waals surface area contributed by atoms with Gasteiger partial charge in [-0.05, 0) is 31.1 Å². The quantitative estimate of drug-likeness (QED) is 0.767. The molecule has 96 valence electrons. The van der Waals surface area contributed by atoms with E-state index in [2.05, 4.69) is 56.3 Å². The standard InChI is InChI=1S/C18H19N/c1-14-6-8-17(9-7-14)13-18(19)11-10-16-5-3-4-15(2)12-16/h3-12,19H,13H2,1-2H3. The lowest BCUT2D eigenvalue weighted by atomic mass is 10.1. The van der Waals surface area contributed by atoms with Gasteiger partial charge in [0.2, 0.25) is 0 Å². The summed E-state index contributed by atoms with van der Waals surface area (Å²) < 4.78 is 0. The topological polar surface area (TPSA) is 23.9 Å². The highest BCUT2D eigenvalue weighted by atomic mass is 14.4. The zero-order valence-corrected chi connectivity index (χ0v) is 11.5. The number of hydrogen-bond acceptors (Lipinski definition) is 1. The largest absolute Gasteiger partial charge is 0.305 e. The maximum Gasteiger partial charge on any atom is 0.0357 e. The van der Waals surface area contributed by atoms with Gasteiger partial charge in [0.15, 0.2) is 0 Å². The van der Waals surface area contributed by atoms with Crippen molar-refractivity contribution in [1.29, 1.82) is 5.41 Å². The number of benzene rings is 2. The Morgan fingerprint density at radius 3 is 2.42 bits per heavy atom. The van der Waals surface area contributed by atoms with Gasteiger partial charge in [0, 0.05) is 12.1 Å². The Kier molecular flexibility index (Phi) is 4.30. The molecule has 2 rings (SSSR count). The van der Waals surface area contributed by atoms with Gasteiger partial charge in [-0.25, -0.2) is 0 Å². The highest BCUT2D eigenvalue weighted by molar-refractivity contribution is 5.97. The highest BCUT2D eigenvalue weighted by Crippen LogP contribution is 2.08. The van der Waals surface area contributed by atoms with Gasteiger partial charge in [-0.3, -0.25) is 0 Å². The molecule has 0 aliphatic carbocycles. The lowest BCUT2D eigenvalue weighted by Gasteiger charge is -2.01. The van der Waals surface area contributed by atoms with Crippen LogP contribution in [0.25, 0.3) is 6.08 Å². The van der Waals surface area contributed by atoms with E-state index in [4.69, 9.17) is 5.41 Å². The maximum atomic E-state index is 8.00. The van der Waals surface area contributed by atoms with Gasteiger partial charge in [-0.15, -0.1) is 0 Å². The second kappa shape index (κ2) is 6.14. The molecule has 0 spiro atoms. The smallest absolute Gasteiger partial charge is 0.0357 e. The molecule has 1 heteroatoms. The van der Waals surface area contributed by atoms with Gasteiger partial charge >= 0.3 is 0 Å². The Morgan fingerprint density at radius 1 is 1.00 bits per heavy atom. The van der Waals surface area contributed by atoms with Crippen molar-refractivity contribution in [2.24, 2.45) is 0 Å². The molecule has 0 amide bonds. The van der Waals surface area contributed by atoms with E-state index < -0.39 is 0 Å². The van der Waals surface area contributed by atoms with Gasteiger partial charge in [0.25, 0.3) is 0 Å². The zero-order valence-electron chi connectivity index (χ0n) is 11.5. The molecule has 0 fully saturated rings. The van der Waals surface area contributed by atoms with Crippen molar-refractivity contribution >= 4 is 11.8 Å². The second-order valence-corrected chi connectivity index (χ2v) is 4.94. The van der Waals surface area contributed by atoms with Crippen LogP contribution in [0.4, 0.5) is 0 Å². The molecular weight excluding hydrogens is 230 g/mol. The Hall–Kier alpha value is -2.15. The summed E-state index contributed by atoms with van der Waals surface area (Å²) in [6.45, 7) is 4.15. The molecule has 0 aliphatic heterocycles. The van der Waals surface area contributed by atoms with Crippen molar-refractivity contribution in [2.45, 2.75) is 20.3 Å². The molecule has 1 N–H and O–H groups in total. The minimum atomic E-state index is 0.630. The average Bonchev–Trinajstić information content (AvgIpc) is 2.39. The van der Waals surface area contributed by atoms with Crippen LogP contribution in [0.1, 0.15) is 22.3 Å². The molecule has 0 radical (unpaired) electrons. The normalized spacial score (nSPS) is 10.8. The lowest BCUT2D eigenvalue weighted by molar-refractivity contribution is 1.28. The van der Waals surface area contributed by atoms with E-state index >= 15 is 0 Å². The van der Waals surface area contributed by atoms with Crippen LogP contribution >= 0.6 is 0 Å². The van der Waals surface area contributed by atoms with E-state index in [1.54, 1.807) is 0 Å². The number of rotatable bonds is 4. The summed E-state index contributed by atoms with van der Waals surface area (Å²) in [6.07, 6.45) is 4.57. The number of allylic oxidation sites excluding steroid dienone is 1. The van der Waals surface area contributed by atoms with Crippen LogP contribution in [0.2, 0.25) is 0 Å². The molecule has 0 atom stereocenters. The fraction of sp³-hybridized carbons (Fsp3) is 0.167. The van der Waals surface area contributed by atoms with Crippen LogP contribution in [-0.2, 0) is 6.42 Å². The number of hydrogen-bond donors (Lipinski definition) is 1. The van der Waals surface area contributed by atoms with Crippen molar-refractivity contribution in [1.82, 2.24) is 0 Å². The highest BCUT2D eigenvalue weighted by Gasteiger charge is 1.96. The van der Waals surface area contributed by atoms with E-state index in [1.165, 1.54) is 16.7 Å². The van der Waals surface area contributed by atoms with Crippen molar-refractivity contribution in [2.75, 3.05) is 0 Å². The Bertz CT molecular complexity index is 591. The third-order valence-electron chi connectivity index (χ3n) is 3.03. The number of nitrogens with one attached hydrogen (secondary N) is 1. The van der Waals surface area contributed by atoms with Crippen molar-refractivity contribution in [3.05, 3.63) is 76.9 Å². The van der Waals surface area contributed by atoms with Crippen LogP contribution in [-0.4, -0.2) is 5.71 Å². The molecular formula is C18H19N. The van der Waals surface area contributed by atoms with E-state index in [-0.39, 0.29) is 0 Å². The summed E-state index contributed by atoms with van der Waals surface area (Å²) in [5.74, 6) is 0. The predicted octanol–water partition coefficient (Wildman–Crippen LogP) is 4.58. The second-order valence-electron chi connectivity index (χ2n) is 4.94. The van der Waals surface area contributed by atoms with Gasteiger partial charge in [0.1, 0.15) is 0 Å². The van der Waals surface area contributed by atoms with Crippen LogP contribution in [0.15, 0.2) is 54.6 Å². The van der Waals surface area contributed by atoms with Gasteiger partial charge in [0.05, 0.1) is 0 Å². The minimum Gasteiger partial charge on any atom is -0.305 e. The molecule has 19 heavy (non-hydrogen) atoms. The fourth-order valence-electron chi connectivity index (χ4n) is 1.96. The first-order valence-corrected chi connectivity index (χ1v) is 6.51. The first-order chi connectivity index (χ1) is 9.13. The van der Waals surface area contributed by atoms with E-state index in [0.29, 0.717) is 12.1 Å². The Morgan fingerprint density at radius 2 is 1.74 bits per heavy atom. The van der Waals surface area contributed by atoms with E-state index in [1.807, 2.05) is 18.2 Å². The third-order valence-corrected chi connectivity index (χ3v) is 3.03. The molecule has 0 saturated heterocycles. The SMILES string of the molecule is Cc1ccc(CC(=N)C=Cc2cccc(C)c2)cc1. The zero-order chi connectivity index (χ0) is 13.7. The summed E-state index contributed by atoms with van der Waals surface area (Å²) in [5.41, 5.74) is 5.46. The molecule has 0 heterocycles. The van der Waals surface area contributed by atoms with Crippen LogP contribution in [0.3, 0.4) is 0 Å². The summed E-state index contributed by atoms with van der Waals surface area (Å²) in [7, 11) is 0. The van der Waals surface area contributed by atoms with Crippen LogP contribution < -0.4 is 0 Å². The summed E-state index contributed by atoms with van der Waals surface area (Å²) in [5, 5.41) is 8.00. The monoisotopic (exact) mass is 249 g/mol. The summed E-state index contributed by atoms with van der Waals surface area (Å²) in [6, 6.07) is 16.7. The predicted molar refractivity (Wildman–Crippen MR) is 82.8 cm³/mol. The summed E-state index contributed by atoms with van der Waals surface area (Å²) >= 11 is 0. The Balaban J connectivity index is 1.99. The molecule has 0 unspecified atom stereocenters. The maximum absolute atomic E-state index is 8.00. The van der Waals surface area contributed by atoms with Gasteiger partial charge in [-0.1, -0.05) is 65.7 Å². The fourth-order valence-corrected chi connectivity index (χ4v) is 1.96. The third kappa shape index (κ3) is 4.22. The lowest BCUT2D eigenvalue weighted by Crippen LogP contribution is -1.97. The molecule has 1 nitrogen and oxygen atoms in total. The molecule has 0 aromatic heterocycles. The number of aryl methyl sites for hydroxylation is 2. The van der Waals surface area contributed by atoms with Crippen molar-refractivity contribution < 1.29 is 0 Å². The minimum absolute atomic E-state index is 0.630. The van der Waals surface area contributed by atoms with Crippen molar-refractivity contribution in [3.8, 4) is 0 Å². The van der Waals surface area contributed by atoms with Crippen LogP contribution in [0, 0.1) is 19.3 Å². The van der Waals surface area contributed by atoms with E-state index in [0.717, 1.165) is 5.56 Å². The summed E-state index contributed by atoms with van der Waals surface area (Å²) in [4.78, 5) is 0. The van der Waals surface area contributed by atoms with E-state index in [9.17, 15) is 0 Å². The molecule has 0 bridgehead atoms. The Labute approximate surface area is 115 Å². The molecule has 0 saturated carbocycles. The van der Waals surface area contributed by atoms with Crippen LogP contribution in [0.5, 0.6) is 0 Å². The molecule has 2 aromatic rings. The van der Waals surface area contributed by atoms with Gasteiger partial charge in [-0.2, -0.15) is 0 Å².